The van der Waals surface area contributed by atoms with Gasteiger partial charge in [-0.2, -0.15) is 0 Å². The molecule has 1 aliphatic heterocycles. The van der Waals surface area contributed by atoms with Crippen molar-refractivity contribution >= 4 is 0 Å². The van der Waals surface area contributed by atoms with Crippen LogP contribution in [0, 0.1) is 0 Å². The molecule has 1 saturated heterocycles. The smallest absolute Gasteiger partial charge is 0.103 e. The van der Waals surface area contributed by atoms with Gasteiger partial charge >= 0.3 is 0 Å². The Bertz CT molecular complexity index is 84.4. The van der Waals surface area contributed by atoms with Crippen molar-refractivity contribution < 1.29 is 14.6 Å². The standard InChI is InChI=1S/C6H12O3/c1-8-6-2-3-9-4-5(6)7/h5-7H,2-4H2,1H3/t5-,6?/m0/s1. The van der Waals surface area contributed by atoms with Crippen LogP contribution in [0.2, 0.25) is 0 Å². The lowest BCUT2D eigenvalue weighted by molar-refractivity contribution is -0.100. The van der Waals surface area contributed by atoms with Crippen LogP contribution in [-0.2, 0) is 9.47 Å². The van der Waals surface area contributed by atoms with Gasteiger partial charge in [-0.15, -0.1) is 0 Å². The summed E-state index contributed by atoms with van der Waals surface area (Å²) < 4.78 is 9.96. The van der Waals surface area contributed by atoms with Crippen LogP contribution in [0.4, 0.5) is 0 Å². The van der Waals surface area contributed by atoms with E-state index in [1.54, 1.807) is 7.11 Å². The Balaban J connectivity index is 2.30. The van der Waals surface area contributed by atoms with Crippen molar-refractivity contribution in [1.29, 1.82) is 0 Å². The second-order valence-corrected chi connectivity index (χ2v) is 2.21. The highest BCUT2D eigenvalue weighted by atomic mass is 16.5. The summed E-state index contributed by atoms with van der Waals surface area (Å²) in [5.74, 6) is 0. The molecule has 0 aromatic heterocycles. The number of hydrogen-bond donors (Lipinski definition) is 1. The van der Waals surface area contributed by atoms with E-state index in [9.17, 15) is 0 Å². The van der Waals surface area contributed by atoms with Crippen molar-refractivity contribution in [3.05, 3.63) is 0 Å². The van der Waals surface area contributed by atoms with Gasteiger partial charge < -0.3 is 14.6 Å². The van der Waals surface area contributed by atoms with Gasteiger partial charge in [0.05, 0.1) is 12.7 Å². The van der Waals surface area contributed by atoms with E-state index >= 15 is 0 Å². The van der Waals surface area contributed by atoms with E-state index in [0.29, 0.717) is 13.2 Å². The maximum atomic E-state index is 9.12. The van der Waals surface area contributed by atoms with Crippen LogP contribution >= 0.6 is 0 Å². The molecule has 1 fully saturated rings. The number of ether oxygens (including phenoxy) is 2. The highest BCUT2D eigenvalue weighted by molar-refractivity contribution is 4.71. The average Bonchev–Trinajstić information content (AvgIpc) is 1.89. The Morgan fingerprint density at radius 2 is 2.44 bits per heavy atom. The topological polar surface area (TPSA) is 38.7 Å². The summed E-state index contributed by atoms with van der Waals surface area (Å²) in [5, 5.41) is 9.12. The summed E-state index contributed by atoms with van der Waals surface area (Å²) in [4.78, 5) is 0. The number of methoxy groups -OCH3 is 1. The molecule has 0 amide bonds. The fourth-order valence-corrected chi connectivity index (χ4v) is 0.978. The van der Waals surface area contributed by atoms with Crippen molar-refractivity contribution in [2.75, 3.05) is 20.3 Å². The van der Waals surface area contributed by atoms with Crippen molar-refractivity contribution in [2.24, 2.45) is 0 Å². The van der Waals surface area contributed by atoms with E-state index < -0.39 is 6.10 Å². The highest BCUT2D eigenvalue weighted by Crippen LogP contribution is 2.09. The predicted molar refractivity (Wildman–Crippen MR) is 32.2 cm³/mol. The summed E-state index contributed by atoms with van der Waals surface area (Å²) in [6.07, 6.45) is 0.361. The van der Waals surface area contributed by atoms with E-state index in [1.807, 2.05) is 0 Å². The lowest BCUT2D eigenvalue weighted by Crippen LogP contribution is -2.37. The molecule has 1 N–H and O–H groups in total. The fraction of sp³-hybridized carbons (Fsp3) is 1.00. The van der Waals surface area contributed by atoms with E-state index in [1.165, 1.54) is 0 Å². The molecule has 0 bridgehead atoms. The quantitative estimate of drug-likeness (QED) is 0.536. The lowest BCUT2D eigenvalue weighted by atomic mass is 10.1. The third-order valence-electron chi connectivity index (χ3n) is 1.57. The first-order valence-corrected chi connectivity index (χ1v) is 3.13. The molecule has 1 rings (SSSR count). The monoisotopic (exact) mass is 132 g/mol. The molecule has 0 radical (unpaired) electrons. The highest BCUT2D eigenvalue weighted by Gasteiger charge is 2.22. The average molecular weight is 132 g/mol. The molecule has 0 aromatic carbocycles. The first-order valence-electron chi connectivity index (χ1n) is 3.13. The third kappa shape index (κ3) is 1.64. The normalized spacial score (nSPS) is 36.7. The molecule has 9 heavy (non-hydrogen) atoms. The zero-order chi connectivity index (χ0) is 6.69. The minimum absolute atomic E-state index is 0.0150. The first kappa shape index (κ1) is 6.99. The number of aliphatic hydroxyl groups excluding tert-OH is 1. The molecule has 3 nitrogen and oxygen atoms in total. The molecular weight excluding hydrogens is 120 g/mol. The second kappa shape index (κ2) is 3.15. The molecule has 1 aliphatic rings. The molecule has 3 heteroatoms. The number of rotatable bonds is 1. The summed E-state index contributed by atoms with van der Waals surface area (Å²) in [5.41, 5.74) is 0. The van der Waals surface area contributed by atoms with Gasteiger partial charge in [-0.3, -0.25) is 0 Å². The van der Waals surface area contributed by atoms with Crippen LogP contribution in [0.25, 0.3) is 0 Å². The van der Waals surface area contributed by atoms with Gasteiger partial charge in [-0.1, -0.05) is 0 Å². The first-order chi connectivity index (χ1) is 4.34. The molecule has 0 saturated carbocycles. The zero-order valence-electron chi connectivity index (χ0n) is 5.54. The molecule has 1 unspecified atom stereocenters. The van der Waals surface area contributed by atoms with Gasteiger partial charge in [0, 0.05) is 13.7 Å². The Kier molecular flexibility index (Phi) is 2.45. The fourth-order valence-electron chi connectivity index (χ4n) is 0.978. The van der Waals surface area contributed by atoms with Gasteiger partial charge in [0.2, 0.25) is 0 Å². The summed E-state index contributed by atoms with van der Waals surface area (Å²) >= 11 is 0. The van der Waals surface area contributed by atoms with Gasteiger partial charge in [-0.05, 0) is 6.42 Å². The Labute approximate surface area is 54.6 Å². The molecule has 2 atom stereocenters. The Hall–Kier alpha value is -0.120. The molecule has 0 aliphatic carbocycles. The van der Waals surface area contributed by atoms with Gasteiger partial charge in [0.25, 0.3) is 0 Å². The van der Waals surface area contributed by atoms with Crippen LogP contribution < -0.4 is 0 Å². The predicted octanol–water partition coefficient (Wildman–Crippen LogP) is -0.217. The van der Waals surface area contributed by atoms with Crippen molar-refractivity contribution in [3.8, 4) is 0 Å². The zero-order valence-corrected chi connectivity index (χ0v) is 5.54. The van der Waals surface area contributed by atoms with E-state index in [4.69, 9.17) is 14.6 Å². The van der Waals surface area contributed by atoms with Crippen LogP contribution in [0.1, 0.15) is 6.42 Å². The largest absolute Gasteiger partial charge is 0.388 e. The summed E-state index contributed by atoms with van der Waals surface area (Å²) in [7, 11) is 1.61. The van der Waals surface area contributed by atoms with Crippen LogP contribution in [-0.4, -0.2) is 37.6 Å². The van der Waals surface area contributed by atoms with Gasteiger partial charge in [-0.25, -0.2) is 0 Å². The molecular formula is C6H12O3. The van der Waals surface area contributed by atoms with Crippen LogP contribution in [0.3, 0.4) is 0 Å². The van der Waals surface area contributed by atoms with Crippen molar-refractivity contribution in [2.45, 2.75) is 18.6 Å². The second-order valence-electron chi connectivity index (χ2n) is 2.21. The van der Waals surface area contributed by atoms with Crippen LogP contribution in [0.5, 0.6) is 0 Å². The van der Waals surface area contributed by atoms with Crippen molar-refractivity contribution in [1.82, 2.24) is 0 Å². The molecule has 0 spiro atoms. The van der Waals surface area contributed by atoms with Crippen LogP contribution in [0.15, 0.2) is 0 Å². The molecule has 0 aromatic rings. The SMILES string of the molecule is COC1CCOC[C@@H]1O. The summed E-state index contributed by atoms with van der Waals surface area (Å²) in [6.45, 7) is 1.12. The third-order valence-corrected chi connectivity index (χ3v) is 1.57. The maximum absolute atomic E-state index is 9.12. The maximum Gasteiger partial charge on any atom is 0.103 e. The van der Waals surface area contributed by atoms with Crippen molar-refractivity contribution in [3.63, 3.8) is 0 Å². The molecule has 54 valence electrons. The van der Waals surface area contributed by atoms with E-state index in [0.717, 1.165) is 6.42 Å². The Morgan fingerprint density at radius 1 is 1.67 bits per heavy atom. The van der Waals surface area contributed by atoms with Gasteiger partial charge in [0.15, 0.2) is 0 Å². The molecule has 1 heterocycles. The van der Waals surface area contributed by atoms with E-state index in [2.05, 4.69) is 0 Å². The Morgan fingerprint density at radius 3 is 2.89 bits per heavy atom. The van der Waals surface area contributed by atoms with Gasteiger partial charge in [0.1, 0.15) is 6.10 Å². The number of hydrogen-bond acceptors (Lipinski definition) is 3. The van der Waals surface area contributed by atoms with E-state index in [-0.39, 0.29) is 6.10 Å². The lowest BCUT2D eigenvalue weighted by Gasteiger charge is -2.25. The minimum Gasteiger partial charge on any atom is -0.388 e. The number of aliphatic hydroxyl groups is 1. The minimum atomic E-state index is -0.427. The summed E-state index contributed by atoms with van der Waals surface area (Å²) in [6, 6.07) is 0.